The van der Waals surface area contributed by atoms with Crippen molar-refractivity contribution in [2.24, 2.45) is 0 Å². The minimum atomic E-state index is -0.326. The summed E-state index contributed by atoms with van der Waals surface area (Å²) >= 11 is 0. The second-order valence-electron chi connectivity index (χ2n) is 5.95. The van der Waals surface area contributed by atoms with E-state index in [0.717, 1.165) is 12.2 Å². The number of amides is 1. The molecule has 5 nitrogen and oxygen atoms in total. The third-order valence-electron chi connectivity index (χ3n) is 4.18. The molecule has 1 amide bonds. The normalized spacial score (nSPS) is 10.4. The molecule has 0 fully saturated rings. The lowest BCUT2D eigenvalue weighted by Crippen LogP contribution is -2.27. The van der Waals surface area contributed by atoms with E-state index in [1.807, 2.05) is 42.2 Å². The summed E-state index contributed by atoms with van der Waals surface area (Å²) in [6, 6.07) is 19.8. The van der Waals surface area contributed by atoms with Crippen LogP contribution in [0.1, 0.15) is 23.0 Å². The first-order chi connectivity index (χ1) is 13.2. The summed E-state index contributed by atoms with van der Waals surface area (Å²) in [5, 5.41) is 11.0. The van der Waals surface area contributed by atoms with Gasteiger partial charge in [0.1, 0.15) is 5.82 Å². The van der Waals surface area contributed by atoms with Crippen LogP contribution in [-0.2, 0) is 6.42 Å². The molecule has 1 N–H and O–H groups in total. The van der Waals surface area contributed by atoms with Gasteiger partial charge in [-0.1, -0.05) is 36.4 Å². The Morgan fingerprint density at radius 3 is 2.41 bits per heavy atom. The van der Waals surface area contributed by atoms with Crippen molar-refractivity contribution < 1.29 is 9.18 Å². The smallest absolute Gasteiger partial charge is 0.271 e. The van der Waals surface area contributed by atoms with Crippen molar-refractivity contribution in [3.05, 3.63) is 83.8 Å². The predicted molar refractivity (Wildman–Crippen MR) is 104 cm³/mol. The van der Waals surface area contributed by atoms with Crippen molar-refractivity contribution in [2.45, 2.75) is 13.3 Å². The van der Waals surface area contributed by atoms with E-state index in [4.69, 9.17) is 0 Å². The largest absolute Gasteiger partial charge is 0.350 e. The van der Waals surface area contributed by atoms with Crippen LogP contribution in [0.25, 0.3) is 0 Å². The quantitative estimate of drug-likeness (QED) is 0.694. The molecular weight excluding hydrogens is 343 g/mol. The molecule has 3 aromatic rings. The van der Waals surface area contributed by atoms with Gasteiger partial charge in [-0.2, -0.15) is 0 Å². The Balaban J connectivity index is 1.61. The highest BCUT2D eigenvalue weighted by Gasteiger charge is 2.12. The summed E-state index contributed by atoms with van der Waals surface area (Å²) in [6.45, 7) is 3.08. The van der Waals surface area contributed by atoms with E-state index in [1.165, 1.54) is 6.07 Å². The fourth-order valence-electron chi connectivity index (χ4n) is 2.78. The molecule has 3 rings (SSSR count). The summed E-state index contributed by atoms with van der Waals surface area (Å²) in [5.41, 5.74) is 1.81. The summed E-state index contributed by atoms with van der Waals surface area (Å²) in [4.78, 5) is 14.2. The van der Waals surface area contributed by atoms with Gasteiger partial charge in [0.15, 0.2) is 11.5 Å². The highest BCUT2D eigenvalue weighted by molar-refractivity contribution is 5.92. The molecule has 0 atom stereocenters. The van der Waals surface area contributed by atoms with Gasteiger partial charge in [-0.3, -0.25) is 4.79 Å². The molecule has 0 aliphatic carbocycles. The highest BCUT2D eigenvalue weighted by atomic mass is 19.1. The molecule has 0 unspecified atom stereocenters. The van der Waals surface area contributed by atoms with Gasteiger partial charge in [0.25, 0.3) is 5.91 Å². The van der Waals surface area contributed by atoms with Crippen molar-refractivity contribution in [3.8, 4) is 0 Å². The minimum absolute atomic E-state index is 0.233. The van der Waals surface area contributed by atoms with Gasteiger partial charge < -0.3 is 10.2 Å². The van der Waals surface area contributed by atoms with Gasteiger partial charge in [-0.15, -0.1) is 10.2 Å². The average Bonchev–Trinajstić information content (AvgIpc) is 2.71. The monoisotopic (exact) mass is 364 g/mol. The maximum absolute atomic E-state index is 13.6. The average molecular weight is 364 g/mol. The predicted octanol–water partition coefficient (Wildman–Crippen LogP) is 3.75. The van der Waals surface area contributed by atoms with Crippen molar-refractivity contribution in [1.29, 1.82) is 0 Å². The molecule has 1 heterocycles. The van der Waals surface area contributed by atoms with Crippen LogP contribution >= 0.6 is 0 Å². The van der Waals surface area contributed by atoms with Crippen molar-refractivity contribution in [1.82, 2.24) is 15.5 Å². The standard InChI is InChI=1S/C21H21FN4O/c1-2-26(17-9-4-3-5-10-17)20-13-12-19(24-25-20)21(27)23-15-14-16-8-6-7-11-18(16)22/h3-13H,2,14-15H2,1H3,(H,23,27). The molecule has 0 bridgehead atoms. The van der Waals surface area contributed by atoms with Crippen LogP contribution in [0.15, 0.2) is 66.7 Å². The van der Waals surface area contributed by atoms with E-state index < -0.39 is 0 Å². The zero-order chi connectivity index (χ0) is 19.1. The number of carbonyl (C=O) groups excluding carboxylic acids is 1. The summed E-state index contributed by atoms with van der Waals surface area (Å²) < 4.78 is 13.6. The number of rotatable bonds is 7. The fraction of sp³-hybridized carbons (Fsp3) is 0.190. The van der Waals surface area contributed by atoms with Crippen LogP contribution in [0.2, 0.25) is 0 Å². The van der Waals surface area contributed by atoms with E-state index >= 15 is 0 Å². The number of para-hydroxylation sites is 1. The summed E-state index contributed by atoms with van der Waals surface area (Å²) in [5.74, 6) is 0.0798. The Morgan fingerprint density at radius 2 is 1.74 bits per heavy atom. The van der Waals surface area contributed by atoms with Crippen LogP contribution < -0.4 is 10.2 Å². The van der Waals surface area contributed by atoms with Gasteiger partial charge >= 0.3 is 0 Å². The number of nitrogens with one attached hydrogen (secondary N) is 1. The number of nitrogens with zero attached hydrogens (tertiary/aromatic N) is 3. The maximum Gasteiger partial charge on any atom is 0.271 e. The second kappa shape index (κ2) is 8.89. The Labute approximate surface area is 157 Å². The third kappa shape index (κ3) is 4.67. The minimum Gasteiger partial charge on any atom is -0.350 e. The van der Waals surface area contributed by atoms with Crippen LogP contribution in [-0.4, -0.2) is 29.2 Å². The van der Waals surface area contributed by atoms with E-state index in [9.17, 15) is 9.18 Å². The second-order valence-corrected chi connectivity index (χ2v) is 5.95. The third-order valence-corrected chi connectivity index (χ3v) is 4.18. The molecular formula is C21H21FN4O. The van der Waals surface area contributed by atoms with E-state index in [-0.39, 0.29) is 17.4 Å². The van der Waals surface area contributed by atoms with Crippen LogP contribution in [0.4, 0.5) is 15.9 Å². The first kappa shape index (κ1) is 18.5. The van der Waals surface area contributed by atoms with Gasteiger partial charge in [0, 0.05) is 18.8 Å². The maximum atomic E-state index is 13.6. The fourth-order valence-corrected chi connectivity index (χ4v) is 2.78. The number of benzene rings is 2. The van der Waals surface area contributed by atoms with E-state index in [2.05, 4.69) is 15.5 Å². The Hall–Kier alpha value is -3.28. The molecule has 1 aromatic heterocycles. The summed E-state index contributed by atoms with van der Waals surface area (Å²) in [7, 11) is 0. The lowest BCUT2D eigenvalue weighted by Gasteiger charge is -2.21. The highest BCUT2D eigenvalue weighted by Crippen LogP contribution is 2.22. The van der Waals surface area contributed by atoms with Crippen LogP contribution in [0.3, 0.4) is 0 Å². The number of hydrogen-bond donors (Lipinski definition) is 1. The number of anilines is 2. The Kier molecular flexibility index (Phi) is 6.10. The first-order valence-electron chi connectivity index (χ1n) is 8.87. The van der Waals surface area contributed by atoms with Crippen LogP contribution in [0.5, 0.6) is 0 Å². The first-order valence-corrected chi connectivity index (χ1v) is 8.87. The molecule has 2 aromatic carbocycles. The topological polar surface area (TPSA) is 58.1 Å². The molecule has 27 heavy (non-hydrogen) atoms. The number of halogens is 1. The van der Waals surface area contributed by atoms with Crippen LogP contribution in [0, 0.1) is 5.82 Å². The molecule has 0 saturated carbocycles. The SMILES string of the molecule is CCN(c1ccccc1)c1ccc(C(=O)NCCc2ccccc2F)nn1. The van der Waals surface area contributed by atoms with E-state index in [1.54, 1.807) is 30.3 Å². The van der Waals surface area contributed by atoms with E-state index in [0.29, 0.717) is 24.3 Å². The Morgan fingerprint density at radius 1 is 1.00 bits per heavy atom. The molecule has 6 heteroatoms. The van der Waals surface area contributed by atoms with Crippen molar-refractivity contribution in [2.75, 3.05) is 18.0 Å². The Bertz CT molecular complexity index is 884. The van der Waals surface area contributed by atoms with Gasteiger partial charge in [0.2, 0.25) is 0 Å². The molecule has 0 saturated heterocycles. The molecule has 0 radical (unpaired) electrons. The summed E-state index contributed by atoms with van der Waals surface area (Å²) in [6.07, 6.45) is 0.418. The molecule has 0 aliphatic heterocycles. The molecule has 0 spiro atoms. The van der Waals surface area contributed by atoms with Gasteiger partial charge in [-0.25, -0.2) is 4.39 Å². The molecule has 0 aliphatic rings. The van der Waals surface area contributed by atoms with Crippen molar-refractivity contribution >= 4 is 17.4 Å². The number of hydrogen-bond acceptors (Lipinski definition) is 4. The molecule has 138 valence electrons. The van der Waals surface area contributed by atoms with Crippen molar-refractivity contribution in [3.63, 3.8) is 0 Å². The van der Waals surface area contributed by atoms with Gasteiger partial charge in [0.05, 0.1) is 0 Å². The number of carbonyl (C=O) groups is 1. The lowest BCUT2D eigenvalue weighted by atomic mass is 10.1. The zero-order valence-corrected chi connectivity index (χ0v) is 15.1. The lowest BCUT2D eigenvalue weighted by molar-refractivity contribution is 0.0948. The number of aromatic nitrogens is 2. The van der Waals surface area contributed by atoms with Gasteiger partial charge in [-0.05, 0) is 49.2 Å². The zero-order valence-electron chi connectivity index (χ0n) is 15.1.